The first-order chi connectivity index (χ1) is 14.5. The number of hydrogen-bond acceptors (Lipinski definition) is 5. The molecule has 2 atom stereocenters. The Hall–Kier alpha value is -3.60. The topological polar surface area (TPSA) is 80.7 Å². The highest BCUT2D eigenvalue weighted by atomic mass is 16.5. The number of anilines is 1. The minimum absolute atomic E-state index is 0.118. The third kappa shape index (κ3) is 3.79. The first-order valence-corrected chi connectivity index (χ1v) is 9.92. The second-order valence-corrected chi connectivity index (χ2v) is 7.41. The van der Waals surface area contributed by atoms with Crippen LogP contribution in [0.1, 0.15) is 25.3 Å². The zero-order valence-corrected chi connectivity index (χ0v) is 17.3. The number of benzene rings is 2. The van der Waals surface area contributed by atoms with Gasteiger partial charge in [0.2, 0.25) is 0 Å². The Balaban J connectivity index is 1.71. The van der Waals surface area contributed by atoms with Crippen LogP contribution < -0.4 is 5.73 Å². The van der Waals surface area contributed by atoms with Crippen molar-refractivity contribution in [2.24, 2.45) is 4.99 Å². The number of methoxy groups -OCH3 is 1. The van der Waals surface area contributed by atoms with Gasteiger partial charge in [0.15, 0.2) is 0 Å². The van der Waals surface area contributed by atoms with Crippen molar-refractivity contribution in [3.63, 3.8) is 0 Å². The summed E-state index contributed by atoms with van der Waals surface area (Å²) in [4.78, 5) is 4.74. The summed E-state index contributed by atoms with van der Waals surface area (Å²) < 4.78 is 11.4. The molecule has 3 N–H and O–H groups in total. The third-order valence-electron chi connectivity index (χ3n) is 5.27. The first-order valence-electron chi connectivity index (χ1n) is 9.92. The van der Waals surface area contributed by atoms with Crippen LogP contribution in [-0.2, 0) is 9.47 Å². The van der Waals surface area contributed by atoms with E-state index < -0.39 is 0 Å². The quantitative estimate of drug-likeness (QED) is 0.394. The maximum Gasteiger partial charge on any atom is 0.133 e. The normalized spacial score (nSPS) is 20.8. The van der Waals surface area contributed by atoms with Gasteiger partial charge >= 0.3 is 0 Å². The van der Waals surface area contributed by atoms with E-state index in [4.69, 9.17) is 25.6 Å². The summed E-state index contributed by atoms with van der Waals surface area (Å²) in [5, 5.41) is 10.2. The minimum Gasteiger partial charge on any atom is -0.502 e. The molecule has 30 heavy (non-hydrogen) atoms. The van der Waals surface area contributed by atoms with Crippen LogP contribution in [0.2, 0.25) is 0 Å². The molecule has 0 aromatic heterocycles. The Morgan fingerprint density at radius 2 is 1.93 bits per heavy atom. The van der Waals surface area contributed by atoms with Crippen LogP contribution in [0.3, 0.4) is 0 Å². The molecule has 0 radical (unpaired) electrons. The zero-order valence-electron chi connectivity index (χ0n) is 17.3. The van der Waals surface area contributed by atoms with Crippen molar-refractivity contribution in [2.75, 3.05) is 12.8 Å². The monoisotopic (exact) mass is 399 g/mol. The lowest BCUT2D eigenvalue weighted by atomic mass is 10.00. The fourth-order valence-corrected chi connectivity index (χ4v) is 3.63. The van der Waals surface area contributed by atoms with Crippen molar-refractivity contribution < 1.29 is 9.47 Å². The van der Waals surface area contributed by atoms with E-state index in [1.165, 1.54) is 0 Å². The van der Waals surface area contributed by atoms with E-state index in [1.54, 1.807) is 13.2 Å². The maximum absolute atomic E-state index is 8.13. The second kappa shape index (κ2) is 8.03. The first kappa shape index (κ1) is 19.7. The van der Waals surface area contributed by atoms with E-state index in [9.17, 15) is 0 Å². The zero-order chi connectivity index (χ0) is 21.3. The Labute approximate surface area is 176 Å². The van der Waals surface area contributed by atoms with Gasteiger partial charge in [-0.25, -0.2) is 4.99 Å². The van der Waals surface area contributed by atoms with Crippen molar-refractivity contribution >= 4 is 27.9 Å². The number of fused-ring (bicyclic) bond motifs is 1. The number of nitrogens with two attached hydrogens (primary N) is 1. The molecular weight excluding hydrogens is 374 g/mol. The van der Waals surface area contributed by atoms with Gasteiger partial charge in [-0.15, -0.1) is 0 Å². The van der Waals surface area contributed by atoms with Crippen molar-refractivity contribution in [3.05, 3.63) is 89.6 Å². The molecule has 0 bridgehead atoms. The highest BCUT2D eigenvalue weighted by molar-refractivity contribution is 6.50. The smallest absolute Gasteiger partial charge is 0.133 e. The van der Waals surface area contributed by atoms with Gasteiger partial charge in [0.1, 0.15) is 11.9 Å². The molecule has 4 rings (SSSR count). The average molecular weight is 399 g/mol. The van der Waals surface area contributed by atoms with E-state index in [0.717, 1.165) is 39.2 Å². The molecule has 0 saturated heterocycles. The molecule has 2 unspecified atom stereocenters. The molecule has 0 fully saturated rings. The summed E-state index contributed by atoms with van der Waals surface area (Å²) in [6.45, 7) is 3.85. The Bertz CT molecular complexity index is 1170. The predicted molar refractivity (Wildman–Crippen MR) is 123 cm³/mol. The molecule has 0 amide bonds. The van der Waals surface area contributed by atoms with Crippen LogP contribution in [0.4, 0.5) is 5.69 Å². The molecule has 2 aliphatic rings. The lowest BCUT2D eigenvalue weighted by molar-refractivity contribution is 0.172. The fraction of sp³-hybridized carbons (Fsp3) is 0.200. The lowest BCUT2D eigenvalue weighted by Gasteiger charge is -2.12. The largest absolute Gasteiger partial charge is 0.502 e. The number of ether oxygens (including phenoxy) is 2. The third-order valence-corrected chi connectivity index (χ3v) is 5.27. The molecule has 0 heterocycles. The Kier molecular flexibility index (Phi) is 5.27. The number of nitrogens with one attached hydrogen (secondary N) is 1. The van der Waals surface area contributed by atoms with Crippen LogP contribution in [-0.4, -0.2) is 24.6 Å². The number of nitrogens with zero attached hydrogens (tertiary/aromatic N) is 1. The predicted octanol–water partition coefficient (Wildman–Crippen LogP) is 5.27. The standard InChI is InChI=1S/C25H25N3O2/c1-15(29-3)14-16(2)30-25-22(24(25)28-21-11-7-6-10-20(21)26)19-13-12-17-8-4-5-9-18(17)23(19)27/h4-14,16,22,26H,27H2,1-3H3/b15-14-,26-20?,28-21+. The van der Waals surface area contributed by atoms with E-state index >= 15 is 0 Å². The molecule has 2 aliphatic carbocycles. The van der Waals surface area contributed by atoms with Crippen LogP contribution in [0, 0.1) is 5.41 Å². The molecule has 5 heteroatoms. The Morgan fingerprint density at radius 1 is 1.17 bits per heavy atom. The summed E-state index contributed by atoms with van der Waals surface area (Å²) in [5.74, 6) is 1.46. The number of nitrogen functional groups attached to an aromatic ring is 1. The van der Waals surface area contributed by atoms with Gasteiger partial charge in [-0.1, -0.05) is 48.6 Å². The van der Waals surface area contributed by atoms with Crippen LogP contribution in [0.25, 0.3) is 10.8 Å². The average Bonchev–Trinajstić information content (AvgIpc) is 3.40. The minimum atomic E-state index is -0.178. The molecule has 0 spiro atoms. The molecule has 5 nitrogen and oxygen atoms in total. The molecule has 2 aromatic rings. The van der Waals surface area contributed by atoms with Crippen molar-refractivity contribution in [1.29, 1.82) is 5.41 Å². The second-order valence-electron chi connectivity index (χ2n) is 7.41. The fourth-order valence-electron chi connectivity index (χ4n) is 3.63. The van der Waals surface area contributed by atoms with Crippen LogP contribution in [0.15, 0.2) is 89.0 Å². The van der Waals surface area contributed by atoms with E-state index in [-0.39, 0.29) is 12.0 Å². The van der Waals surface area contributed by atoms with Crippen molar-refractivity contribution in [1.82, 2.24) is 0 Å². The summed E-state index contributed by atoms with van der Waals surface area (Å²) in [7, 11) is 1.64. The molecule has 0 saturated carbocycles. The summed E-state index contributed by atoms with van der Waals surface area (Å²) in [5.41, 5.74) is 10.1. The van der Waals surface area contributed by atoms with Gasteiger partial charge in [-0.3, -0.25) is 5.41 Å². The van der Waals surface area contributed by atoms with Crippen molar-refractivity contribution in [2.45, 2.75) is 25.9 Å². The van der Waals surface area contributed by atoms with Crippen LogP contribution in [0.5, 0.6) is 0 Å². The van der Waals surface area contributed by atoms with E-state index in [1.807, 2.05) is 62.4 Å². The summed E-state index contributed by atoms with van der Waals surface area (Å²) >= 11 is 0. The molecule has 0 aliphatic heterocycles. The van der Waals surface area contributed by atoms with Gasteiger partial charge in [0.25, 0.3) is 0 Å². The van der Waals surface area contributed by atoms with E-state index in [0.29, 0.717) is 11.4 Å². The highest BCUT2D eigenvalue weighted by Gasteiger charge is 2.43. The number of hydrogen-bond donors (Lipinski definition) is 2. The van der Waals surface area contributed by atoms with E-state index in [2.05, 4.69) is 12.1 Å². The summed E-state index contributed by atoms with van der Waals surface area (Å²) in [6, 6.07) is 12.2. The molecule has 152 valence electrons. The van der Waals surface area contributed by atoms with Gasteiger partial charge < -0.3 is 15.2 Å². The van der Waals surface area contributed by atoms with Gasteiger partial charge in [0, 0.05) is 11.1 Å². The SMILES string of the molecule is CO/C(C)=C\C(C)OC1=C(/N=C2\C=CC=CC2=N)C1c1ccc2ccccc2c1N. The number of allylic oxidation sites excluding steroid dienone is 7. The maximum atomic E-state index is 8.13. The Morgan fingerprint density at radius 3 is 2.70 bits per heavy atom. The number of aliphatic imine (C=N–C) groups is 1. The van der Waals surface area contributed by atoms with Gasteiger partial charge in [0.05, 0.1) is 35.9 Å². The lowest BCUT2D eigenvalue weighted by Crippen LogP contribution is -2.09. The van der Waals surface area contributed by atoms with Gasteiger partial charge in [-0.2, -0.15) is 0 Å². The molecule has 2 aromatic carbocycles. The van der Waals surface area contributed by atoms with Gasteiger partial charge in [-0.05, 0) is 43.0 Å². The van der Waals surface area contributed by atoms with Crippen LogP contribution >= 0.6 is 0 Å². The number of rotatable bonds is 6. The highest BCUT2D eigenvalue weighted by Crippen LogP contribution is 2.52. The molecular formula is C25H25N3O2. The van der Waals surface area contributed by atoms with Crippen molar-refractivity contribution in [3.8, 4) is 0 Å². The summed E-state index contributed by atoms with van der Waals surface area (Å²) in [6.07, 6.45) is 9.02.